The van der Waals surface area contributed by atoms with E-state index in [0.29, 0.717) is 17.9 Å². The average molecular weight is 336 g/mol. The molecule has 2 amide bonds. The zero-order valence-corrected chi connectivity index (χ0v) is 14.3. The van der Waals surface area contributed by atoms with Crippen molar-refractivity contribution in [2.24, 2.45) is 0 Å². The molecule has 1 aromatic rings. The van der Waals surface area contributed by atoms with Crippen LogP contribution in [0.5, 0.6) is 5.75 Å². The van der Waals surface area contributed by atoms with Crippen molar-refractivity contribution in [2.45, 2.75) is 33.2 Å². The van der Waals surface area contributed by atoms with Crippen molar-refractivity contribution in [3.05, 3.63) is 29.8 Å². The molecular formula is C17H24N2O5. The Bertz CT molecular complexity index is 557. The van der Waals surface area contributed by atoms with E-state index in [0.717, 1.165) is 6.42 Å². The first kappa shape index (κ1) is 19.5. The molecule has 0 aliphatic rings. The fourth-order valence-electron chi connectivity index (χ4n) is 1.74. The van der Waals surface area contributed by atoms with Gasteiger partial charge in [0.05, 0.1) is 6.61 Å². The quantitative estimate of drug-likeness (QED) is 0.663. The first-order chi connectivity index (χ1) is 11.5. The molecule has 0 aromatic heterocycles. The highest BCUT2D eigenvalue weighted by Crippen LogP contribution is 2.11. The molecule has 2 N–H and O–H groups in total. The van der Waals surface area contributed by atoms with Crippen LogP contribution in [0.1, 0.15) is 37.6 Å². The number of hydrogen-bond acceptors (Lipinski definition) is 5. The first-order valence-electron chi connectivity index (χ1n) is 7.92. The summed E-state index contributed by atoms with van der Waals surface area (Å²) in [4.78, 5) is 34.9. The zero-order chi connectivity index (χ0) is 17.9. The Kier molecular flexibility index (Phi) is 8.32. The molecule has 24 heavy (non-hydrogen) atoms. The zero-order valence-electron chi connectivity index (χ0n) is 14.3. The maximum absolute atomic E-state index is 11.9. The Labute approximate surface area is 141 Å². The van der Waals surface area contributed by atoms with Gasteiger partial charge in [-0.2, -0.15) is 0 Å². The van der Waals surface area contributed by atoms with E-state index in [9.17, 15) is 14.4 Å². The second kappa shape index (κ2) is 10.3. The van der Waals surface area contributed by atoms with Gasteiger partial charge in [-0.3, -0.25) is 14.4 Å². The van der Waals surface area contributed by atoms with E-state index in [1.54, 1.807) is 24.3 Å². The van der Waals surface area contributed by atoms with Gasteiger partial charge in [0.1, 0.15) is 12.3 Å². The number of carbonyl (C=O) groups is 3. The number of ether oxygens (including phenoxy) is 2. The van der Waals surface area contributed by atoms with Gasteiger partial charge in [-0.1, -0.05) is 6.92 Å². The van der Waals surface area contributed by atoms with Gasteiger partial charge < -0.3 is 20.1 Å². The van der Waals surface area contributed by atoms with Gasteiger partial charge in [0.15, 0.2) is 6.61 Å². The average Bonchev–Trinajstić information content (AvgIpc) is 2.58. The van der Waals surface area contributed by atoms with E-state index in [1.165, 1.54) is 0 Å². The summed E-state index contributed by atoms with van der Waals surface area (Å²) >= 11 is 0. The molecule has 0 bridgehead atoms. The summed E-state index contributed by atoms with van der Waals surface area (Å²) in [6, 6.07) is 6.58. The molecule has 0 radical (unpaired) electrons. The molecule has 0 saturated heterocycles. The van der Waals surface area contributed by atoms with Gasteiger partial charge in [0.2, 0.25) is 0 Å². The van der Waals surface area contributed by atoms with Crippen molar-refractivity contribution in [1.82, 2.24) is 10.6 Å². The molecule has 7 nitrogen and oxygen atoms in total. The molecule has 7 heteroatoms. The Morgan fingerprint density at radius 1 is 1.12 bits per heavy atom. The van der Waals surface area contributed by atoms with Crippen LogP contribution in [-0.2, 0) is 14.3 Å². The molecular weight excluding hydrogens is 312 g/mol. The lowest BCUT2D eigenvalue weighted by atomic mass is 10.2. The van der Waals surface area contributed by atoms with Crippen molar-refractivity contribution in [3.8, 4) is 5.75 Å². The van der Waals surface area contributed by atoms with Crippen LogP contribution in [0, 0.1) is 0 Å². The lowest BCUT2D eigenvalue weighted by Gasteiger charge is -2.11. The topological polar surface area (TPSA) is 93.7 Å². The molecule has 1 atom stereocenters. The molecule has 0 spiro atoms. The number of esters is 1. The van der Waals surface area contributed by atoms with Gasteiger partial charge >= 0.3 is 5.97 Å². The Morgan fingerprint density at radius 2 is 1.79 bits per heavy atom. The second-order valence-corrected chi connectivity index (χ2v) is 5.18. The van der Waals surface area contributed by atoms with E-state index in [1.807, 2.05) is 20.8 Å². The van der Waals surface area contributed by atoms with Crippen molar-refractivity contribution < 1.29 is 23.9 Å². The van der Waals surface area contributed by atoms with E-state index < -0.39 is 11.9 Å². The van der Waals surface area contributed by atoms with Crippen LogP contribution in [0.25, 0.3) is 0 Å². The monoisotopic (exact) mass is 336 g/mol. The summed E-state index contributed by atoms with van der Waals surface area (Å²) in [5.41, 5.74) is 0.403. The predicted octanol–water partition coefficient (Wildman–Crippen LogP) is 1.27. The summed E-state index contributed by atoms with van der Waals surface area (Å²) < 4.78 is 10.1. The largest absolute Gasteiger partial charge is 0.494 e. The standard InChI is InChI=1S/C17H24N2O5/c1-4-12(3)19-15(20)11-24-16(21)10-18-17(22)13-6-8-14(9-7-13)23-5-2/h6-9,12H,4-5,10-11H2,1-3H3,(H,18,22)(H,19,20)/t12-/m0/s1. The number of carbonyl (C=O) groups excluding carboxylic acids is 3. The van der Waals surface area contributed by atoms with E-state index in [2.05, 4.69) is 10.6 Å². The third kappa shape index (κ3) is 7.13. The number of benzene rings is 1. The summed E-state index contributed by atoms with van der Waals surface area (Å²) in [6.45, 7) is 5.55. The lowest BCUT2D eigenvalue weighted by molar-refractivity contribution is -0.147. The van der Waals surface area contributed by atoms with Crippen LogP contribution in [0.3, 0.4) is 0 Å². The van der Waals surface area contributed by atoms with Gasteiger partial charge in [-0.25, -0.2) is 0 Å². The van der Waals surface area contributed by atoms with E-state index in [-0.39, 0.29) is 25.1 Å². The lowest BCUT2D eigenvalue weighted by Crippen LogP contribution is -2.37. The SMILES string of the molecule is CCOc1ccc(C(=O)NCC(=O)OCC(=O)N[C@@H](C)CC)cc1. The smallest absolute Gasteiger partial charge is 0.325 e. The van der Waals surface area contributed by atoms with Gasteiger partial charge in [0.25, 0.3) is 11.8 Å². The van der Waals surface area contributed by atoms with Gasteiger partial charge in [0, 0.05) is 11.6 Å². The highest BCUT2D eigenvalue weighted by atomic mass is 16.5. The summed E-state index contributed by atoms with van der Waals surface area (Å²) in [6.07, 6.45) is 0.790. The summed E-state index contributed by atoms with van der Waals surface area (Å²) in [7, 11) is 0. The Hall–Kier alpha value is -2.57. The molecule has 0 aliphatic carbocycles. The van der Waals surface area contributed by atoms with Crippen LogP contribution in [0.2, 0.25) is 0 Å². The fourth-order valence-corrected chi connectivity index (χ4v) is 1.74. The summed E-state index contributed by atoms with van der Waals surface area (Å²) in [5.74, 6) is -0.774. The second-order valence-electron chi connectivity index (χ2n) is 5.18. The highest BCUT2D eigenvalue weighted by Gasteiger charge is 2.12. The maximum atomic E-state index is 11.9. The predicted molar refractivity (Wildman–Crippen MR) is 88.8 cm³/mol. The molecule has 0 unspecified atom stereocenters. The molecule has 1 aromatic carbocycles. The molecule has 1 rings (SSSR count). The van der Waals surface area contributed by atoms with E-state index >= 15 is 0 Å². The molecule has 0 aliphatic heterocycles. The van der Waals surface area contributed by atoms with Crippen LogP contribution < -0.4 is 15.4 Å². The van der Waals surface area contributed by atoms with Crippen molar-refractivity contribution in [2.75, 3.05) is 19.8 Å². The molecule has 132 valence electrons. The molecule has 0 fully saturated rings. The van der Waals surface area contributed by atoms with Gasteiger partial charge in [-0.05, 0) is 44.5 Å². The van der Waals surface area contributed by atoms with Crippen molar-refractivity contribution >= 4 is 17.8 Å². The minimum absolute atomic E-state index is 0.0237. The fraction of sp³-hybridized carbons (Fsp3) is 0.471. The minimum Gasteiger partial charge on any atom is -0.494 e. The number of rotatable bonds is 9. The number of hydrogen-bond donors (Lipinski definition) is 2. The van der Waals surface area contributed by atoms with Crippen LogP contribution >= 0.6 is 0 Å². The van der Waals surface area contributed by atoms with Crippen molar-refractivity contribution in [1.29, 1.82) is 0 Å². The summed E-state index contributed by atoms with van der Waals surface area (Å²) in [5, 5.41) is 5.12. The van der Waals surface area contributed by atoms with Gasteiger partial charge in [-0.15, -0.1) is 0 Å². The number of nitrogens with one attached hydrogen (secondary N) is 2. The van der Waals surface area contributed by atoms with E-state index in [4.69, 9.17) is 9.47 Å². The molecule has 0 heterocycles. The van der Waals surface area contributed by atoms with Crippen molar-refractivity contribution in [3.63, 3.8) is 0 Å². The Morgan fingerprint density at radius 3 is 2.38 bits per heavy atom. The highest BCUT2D eigenvalue weighted by molar-refractivity contribution is 5.96. The third-order valence-electron chi connectivity index (χ3n) is 3.20. The molecule has 0 saturated carbocycles. The van der Waals surface area contributed by atoms with Crippen LogP contribution in [0.15, 0.2) is 24.3 Å². The van der Waals surface area contributed by atoms with Crippen LogP contribution in [-0.4, -0.2) is 43.6 Å². The maximum Gasteiger partial charge on any atom is 0.325 e. The third-order valence-corrected chi connectivity index (χ3v) is 3.20. The number of amides is 2. The van der Waals surface area contributed by atoms with Crippen LogP contribution in [0.4, 0.5) is 0 Å². The first-order valence-corrected chi connectivity index (χ1v) is 7.92. The Balaban J connectivity index is 2.33. The normalized spacial score (nSPS) is 11.3. The minimum atomic E-state index is -0.673.